The number of rotatable bonds is 3. The predicted octanol–water partition coefficient (Wildman–Crippen LogP) is 2.27. The molecule has 0 saturated carbocycles. The van der Waals surface area contributed by atoms with Gasteiger partial charge in [-0.25, -0.2) is 0 Å². The molecule has 1 saturated heterocycles. The molecule has 2 rings (SSSR count). The lowest BCUT2D eigenvalue weighted by atomic mass is 10.1. The Labute approximate surface area is 103 Å². The van der Waals surface area contributed by atoms with Crippen molar-refractivity contribution in [2.45, 2.75) is 25.8 Å². The molecule has 0 spiro atoms. The molecule has 1 heterocycles. The van der Waals surface area contributed by atoms with Gasteiger partial charge in [-0.1, -0.05) is 6.07 Å². The first kappa shape index (κ1) is 11.9. The maximum atomic E-state index is 9.24. The van der Waals surface area contributed by atoms with Gasteiger partial charge in [0, 0.05) is 19.6 Å². The van der Waals surface area contributed by atoms with Gasteiger partial charge in [-0.05, 0) is 44.0 Å². The van der Waals surface area contributed by atoms with Crippen molar-refractivity contribution >= 4 is 5.69 Å². The molecule has 0 amide bonds. The Bertz CT molecular complexity index is 414. The molecule has 1 aliphatic heterocycles. The first-order valence-electron chi connectivity index (χ1n) is 6.27. The number of anilines is 1. The van der Waals surface area contributed by atoms with Crippen LogP contribution in [0.1, 0.15) is 30.4 Å². The van der Waals surface area contributed by atoms with E-state index in [2.05, 4.69) is 28.4 Å². The maximum absolute atomic E-state index is 9.24. The van der Waals surface area contributed by atoms with Gasteiger partial charge in [-0.2, -0.15) is 5.26 Å². The summed E-state index contributed by atoms with van der Waals surface area (Å²) in [6, 6.07) is 8.53. The Balaban J connectivity index is 2.24. The van der Waals surface area contributed by atoms with Gasteiger partial charge in [-0.15, -0.1) is 0 Å². The summed E-state index contributed by atoms with van der Waals surface area (Å²) in [5.74, 6) is 0. The van der Waals surface area contributed by atoms with Crippen LogP contribution in [0.25, 0.3) is 0 Å². The second kappa shape index (κ2) is 5.70. The largest absolute Gasteiger partial charge is 0.370 e. The van der Waals surface area contributed by atoms with E-state index in [1.165, 1.54) is 24.8 Å². The molecule has 3 heteroatoms. The first-order chi connectivity index (χ1) is 8.35. The van der Waals surface area contributed by atoms with Gasteiger partial charge in [0.15, 0.2) is 0 Å². The molecule has 1 N–H and O–H groups in total. The highest BCUT2D eigenvalue weighted by atomic mass is 15.1. The van der Waals surface area contributed by atoms with Crippen molar-refractivity contribution in [3.63, 3.8) is 0 Å². The average Bonchev–Trinajstić information content (AvgIpc) is 2.40. The van der Waals surface area contributed by atoms with Gasteiger partial charge < -0.3 is 10.2 Å². The molecule has 17 heavy (non-hydrogen) atoms. The van der Waals surface area contributed by atoms with Gasteiger partial charge in [0.1, 0.15) is 6.07 Å². The summed E-state index contributed by atoms with van der Waals surface area (Å²) in [7, 11) is 1.92. The zero-order valence-electron chi connectivity index (χ0n) is 10.4. The minimum Gasteiger partial charge on any atom is -0.370 e. The van der Waals surface area contributed by atoms with E-state index in [0.717, 1.165) is 30.9 Å². The van der Waals surface area contributed by atoms with E-state index in [1.807, 2.05) is 13.1 Å². The van der Waals surface area contributed by atoms with Crippen LogP contribution in [0, 0.1) is 11.3 Å². The third-order valence-corrected chi connectivity index (χ3v) is 3.26. The first-order valence-corrected chi connectivity index (χ1v) is 6.27. The second-order valence-corrected chi connectivity index (χ2v) is 4.54. The van der Waals surface area contributed by atoms with E-state index >= 15 is 0 Å². The molecule has 1 aliphatic rings. The van der Waals surface area contributed by atoms with Crippen molar-refractivity contribution < 1.29 is 0 Å². The third-order valence-electron chi connectivity index (χ3n) is 3.26. The van der Waals surface area contributed by atoms with Crippen LogP contribution in [0.3, 0.4) is 0 Å². The lowest BCUT2D eigenvalue weighted by molar-refractivity contribution is 0.577. The van der Waals surface area contributed by atoms with Crippen molar-refractivity contribution in [2.24, 2.45) is 0 Å². The summed E-state index contributed by atoms with van der Waals surface area (Å²) in [6.45, 7) is 2.98. The Morgan fingerprint density at radius 2 is 2.06 bits per heavy atom. The van der Waals surface area contributed by atoms with Gasteiger partial charge in [-0.3, -0.25) is 0 Å². The zero-order valence-corrected chi connectivity index (χ0v) is 10.4. The fraction of sp³-hybridized carbons (Fsp3) is 0.500. The predicted molar refractivity (Wildman–Crippen MR) is 70.0 cm³/mol. The molecule has 1 fully saturated rings. The highest BCUT2D eigenvalue weighted by Gasteiger charge is 2.14. The lowest BCUT2D eigenvalue weighted by Gasteiger charge is -2.29. The number of piperidine rings is 1. The highest BCUT2D eigenvalue weighted by Crippen LogP contribution is 2.24. The van der Waals surface area contributed by atoms with Gasteiger partial charge in [0.2, 0.25) is 0 Å². The highest BCUT2D eigenvalue weighted by molar-refractivity contribution is 5.60. The van der Waals surface area contributed by atoms with Crippen LogP contribution in [0.15, 0.2) is 18.2 Å². The SMILES string of the molecule is CNCc1ccc(N2CCCCC2)c(C#N)c1. The molecule has 3 nitrogen and oxygen atoms in total. The summed E-state index contributed by atoms with van der Waals surface area (Å²) < 4.78 is 0. The monoisotopic (exact) mass is 229 g/mol. The molecule has 0 atom stereocenters. The maximum Gasteiger partial charge on any atom is 0.101 e. The molecule has 90 valence electrons. The molecule has 1 aromatic carbocycles. The normalized spacial score (nSPS) is 15.6. The smallest absolute Gasteiger partial charge is 0.101 e. The molecule has 1 aromatic rings. The molecule has 0 aromatic heterocycles. The minimum absolute atomic E-state index is 0.805. The van der Waals surface area contributed by atoms with Crippen molar-refractivity contribution in [3.05, 3.63) is 29.3 Å². The Morgan fingerprint density at radius 3 is 2.71 bits per heavy atom. The summed E-state index contributed by atoms with van der Waals surface area (Å²) in [5.41, 5.74) is 3.08. The lowest BCUT2D eigenvalue weighted by Crippen LogP contribution is -2.30. The quantitative estimate of drug-likeness (QED) is 0.864. The van der Waals surface area contributed by atoms with Crippen molar-refractivity contribution in [2.75, 3.05) is 25.0 Å². The Hall–Kier alpha value is -1.53. The number of hydrogen-bond acceptors (Lipinski definition) is 3. The van der Waals surface area contributed by atoms with Crippen LogP contribution >= 0.6 is 0 Å². The van der Waals surface area contributed by atoms with Crippen LogP contribution in [0.2, 0.25) is 0 Å². The van der Waals surface area contributed by atoms with Gasteiger partial charge in [0.25, 0.3) is 0 Å². The summed E-state index contributed by atoms with van der Waals surface area (Å²) in [6.07, 6.45) is 3.79. The Morgan fingerprint density at radius 1 is 1.29 bits per heavy atom. The molecule has 0 radical (unpaired) electrons. The van der Waals surface area contributed by atoms with Crippen LogP contribution in [0.4, 0.5) is 5.69 Å². The fourth-order valence-corrected chi connectivity index (χ4v) is 2.40. The second-order valence-electron chi connectivity index (χ2n) is 4.54. The molecule has 0 aliphatic carbocycles. The summed E-state index contributed by atoms with van der Waals surface area (Å²) in [4.78, 5) is 2.34. The van der Waals surface area contributed by atoms with E-state index in [4.69, 9.17) is 0 Å². The number of nitrogens with one attached hydrogen (secondary N) is 1. The molecular formula is C14H19N3. The number of nitrogens with zero attached hydrogens (tertiary/aromatic N) is 2. The Kier molecular flexibility index (Phi) is 4.00. The number of nitriles is 1. The molecular weight excluding hydrogens is 210 g/mol. The minimum atomic E-state index is 0.805. The van der Waals surface area contributed by atoms with E-state index in [0.29, 0.717) is 0 Å². The van der Waals surface area contributed by atoms with Crippen molar-refractivity contribution in [1.82, 2.24) is 5.32 Å². The van der Waals surface area contributed by atoms with Crippen LogP contribution in [-0.4, -0.2) is 20.1 Å². The number of benzene rings is 1. The zero-order chi connectivity index (χ0) is 12.1. The van der Waals surface area contributed by atoms with E-state index in [-0.39, 0.29) is 0 Å². The topological polar surface area (TPSA) is 39.1 Å². The van der Waals surface area contributed by atoms with E-state index < -0.39 is 0 Å². The van der Waals surface area contributed by atoms with Crippen LogP contribution < -0.4 is 10.2 Å². The molecule has 0 bridgehead atoms. The van der Waals surface area contributed by atoms with E-state index in [9.17, 15) is 5.26 Å². The average molecular weight is 229 g/mol. The van der Waals surface area contributed by atoms with Gasteiger partial charge >= 0.3 is 0 Å². The number of hydrogen-bond donors (Lipinski definition) is 1. The van der Waals surface area contributed by atoms with E-state index in [1.54, 1.807) is 0 Å². The van der Waals surface area contributed by atoms with Crippen molar-refractivity contribution in [3.8, 4) is 6.07 Å². The molecule has 0 unspecified atom stereocenters. The van der Waals surface area contributed by atoms with Crippen molar-refractivity contribution in [1.29, 1.82) is 5.26 Å². The third kappa shape index (κ3) is 2.78. The summed E-state index contributed by atoms with van der Waals surface area (Å²) >= 11 is 0. The van der Waals surface area contributed by atoms with Crippen LogP contribution in [0.5, 0.6) is 0 Å². The summed E-state index contributed by atoms with van der Waals surface area (Å²) in [5, 5.41) is 12.4. The standard InChI is InChI=1S/C14H19N3/c1-16-11-12-5-6-14(13(9-12)10-15)17-7-3-2-4-8-17/h5-6,9,16H,2-4,7-8,11H2,1H3. The van der Waals surface area contributed by atoms with Crippen LogP contribution in [-0.2, 0) is 6.54 Å². The fourth-order valence-electron chi connectivity index (χ4n) is 2.40. The van der Waals surface area contributed by atoms with Gasteiger partial charge in [0.05, 0.1) is 11.3 Å².